The minimum Gasteiger partial charge on any atom is -0.339 e. The van der Waals surface area contributed by atoms with Crippen LogP contribution in [-0.2, 0) is 4.79 Å². The topological polar surface area (TPSA) is 96.3 Å². The van der Waals surface area contributed by atoms with Crippen molar-refractivity contribution in [1.82, 2.24) is 10.6 Å². The molecule has 0 heterocycles. The van der Waals surface area contributed by atoms with Crippen LogP contribution >= 0.6 is 47.0 Å². The van der Waals surface area contributed by atoms with E-state index >= 15 is 0 Å². The van der Waals surface area contributed by atoms with E-state index in [4.69, 9.17) is 47.0 Å². The van der Waals surface area contributed by atoms with Gasteiger partial charge in [0.25, 0.3) is 5.69 Å². The van der Waals surface area contributed by atoms with Gasteiger partial charge in [-0.25, -0.2) is 0 Å². The highest BCUT2D eigenvalue weighted by Crippen LogP contribution is 2.29. The lowest BCUT2D eigenvalue weighted by Crippen LogP contribution is -2.55. The fourth-order valence-electron chi connectivity index (χ4n) is 1.40. The van der Waals surface area contributed by atoms with Crippen molar-refractivity contribution in [1.29, 1.82) is 0 Å². The van der Waals surface area contributed by atoms with Crippen LogP contribution in [-0.4, -0.2) is 25.9 Å². The van der Waals surface area contributed by atoms with E-state index in [1.54, 1.807) is 6.07 Å². The van der Waals surface area contributed by atoms with Gasteiger partial charge >= 0.3 is 0 Å². The number of nitro benzene ring substituents is 1. The smallest absolute Gasteiger partial charge is 0.271 e. The maximum absolute atomic E-state index is 11.1. The van der Waals surface area contributed by atoms with Crippen LogP contribution in [0, 0.1) is 10.1 Å². The number of halogens is 3. The Morgan fingerprint density at radius 3 is 2.50 bits per heavy atom. The van der Waals surface area contributed by atoms with Crippen LogP contribution in [0.3, 0.4) is 0 Å². The van der Waals surface area contributed by atoms with E-state index in [9.17, 15) is 14.9 Å². The van der Waals surface area contributed by atoms with Crippen molar-refractivity contribution in [2.45, 2.75) is 16.9 Å². The van der Waals surface area contributed by atoms with Crippen molar-refractivity contribution in [3.05, 3.63) is 34.4 Å². The largest absolute Gasteiger partial charge is 0.339 e. The lowest BCUT2D eigenvalue weighted by Gasteiger charge is -2.27. The van der Waals surface area contributed by atoms with Gasteiger partial charge in [-0.05, 0) is 18.3 Å². The Morgan fingerprint density at radius 1 is 1.36 bits per heavy atom. The fraction of sp³-hybridized carbons (Fsp3) is 0.273. The maximum atomic E-state index is 11.1. The molecule has 1 aromatic carbocycles. The number of carbonyl (C=O) groups excluding carboxylic acids is 1. The molecule has 1 unspecified atom stereocenters. The van der Waals surface area contributed by atoms with E-state index in [1.807, 2.05) is 0 Å². The summed E-state index contributed by atoms with van der Waals surface area (Å²) in [5, 5.41) is 18.4. The van der Waals surface area contributed by atoms with Crippen molar-refractivity contribution >= 4 is 69.4 Å². The molecular formula is C11H11Cl3N4O3S. The molecule has 7 nitrogen and oxygen atoms in total. The normalized spacial score (nSPS) is 12.2. The molecule has 120 valence electrons. The van der Waals surface area contributed by atoms with Gasteiger partial charge in [0.2, 0.25) is 9.70 Å². The first-order chi connectivity index (χ1) is 10.1. The first-order valence-electron chi connectivity index (χ1n) is 5.75. The molecule has 11 heteroatoms. The number of nitrogens with one attached hydrogen (secondary N) is 3. The van der Waals surface area contributed by atoms with E-state index in [0.717, 1.165) is 0 Å². The van der Waals surface area contributed by atoms with Crippen molar-refractivity contribution in [3.63, 3.8) is 0 Å². The van der Waals surface area contributed by atoms with E-state index in [1.165, 1.54) is 25.1 Å². The zero-order valence-electron chi connectivity index (χ0n) is 11.1. The van der Waals surface area contributed by atoms with Crippen molar-refractivity contribution < 1.29 is 9.72 Å². The number of thiocarbonyl (C=S) groups is 1. The zero-order chi connectivity index (χ0) is 16.9. The average molecular weight is 386 g/mol. The fourth-order valence-corrected chi connectivity index (χ4v) is 1.96. The predicted molar refractivity (Wildman–Crippen MR) is 90.3 cm³/mol. The van der Waals surface area contributed by atoms with Gasteiger partial charge in [-0.15, -0.1) is 0 Å². The quantitative estimate of drug-likeness (QED) is 0.242. The van der Waals surface area contributed by atoms with Crippen LogP contribution in [0.15, 0.2) is 24.3 Å². The number of hydrogen-bond donors (Lipinski definition) is 3. The Hall–Kier alpha value is -1.35. The number of benzene rings is 1. The number of nitrogens with zero attached hydrogens (tertiary/aromatic N) is 1. The van der Waals surface area contributed by atoms with Crippen molar-refractivity contribution in [2.24, 2.45) is 0 Å². The summed E-state index contributed by atoms with van der Waals surface area (Å²) in [6.07, 6.45) is -1.08. The summed E-state index contributed by atoms with van der Waals surface area (Å²) in [4.78, 5) is 21.3. The number of hydrogen-bond acceptors (Lipinski definition) is 4. The molecule has 0 fully saturated rings. The number of anilines is 1. The van der Waals surface area contributed by atoms with Gasteiger partial charge in [-0.3, -0.25) is 14.9 Å². The Balaban J connectivity index is 2.77. The highest BCUT2D eigenvalue weighted by Gasteiger charge is 2.34. The summed E-state index contributed by atoms with van der Waals surface area (Å²) in [5.74, 6) is -0.429. The Bertz CT molecular complexity index is 594. The molecule has 0 spiro atoms. The summed E-state index contributed by atoms with van der Waals surface area (Å²) in [7, 11) is 0. The predicted octanol–water partition coefficient (Wildman–Crippen LogP) is 2.71. The van der Waals surface area contributed by atoms with Crippen LogP contribution in [0.1, 0.15) is 6.92 Å². The second-order valence-electron chi connectivity index (χ2n) is 4.08. The molecule has 0 aliphatic heterocycles. The standard InChI is InChI=1S/C11H11Cl3N4O3S/c1-6(19)15-9(11(12,13)14)17-10(22)16-7-3-2-4-8(5-7)18(20)21/h2-5,9H,1H3,(H,15,19)(H2,16,17,22). The Labute approximate surface area is 146 Å². The minimum atomic E-state index is -1.85. The molecule has 0 bridgehead atoms. The average Bonchev–Trinajstić information content (AvgIpc) is 2.36. The summed E-state index contributed by atoms with van der Waals surface area (Å²) in [6.45, 7) is 1.25. The molecule has 1 amide bonds. The summed E-state index contributed by atoms with van der Waals surface area (Å²) in [6, 6.07) is 5.69. The molecule has 1 atom stereocenters. The number of amides is 1. The van der Waals surface area contributed by atoms with Gasteiger partial charge in [0.15, 0.2) is 5.11 Å². The van der Waals surface area contributed by atoms with Gasteiger partial charge in [0, 0.05) is 24.7 Å². The Kier molecular flexibility index (Phi) is 6.61. The SMILES string of the molecule is CC(=O)NC(NC(=S)Nc1cccc([N+](=O)[O-])c1)C(Cl)(Cl)Cl. The highest BCUT2D eigenvalue weighted by atomic mass is 35.6. The monoisotopic (exact) mass is 384 g/mol. The van der Waals surface area contributed by atoms with Crippen LogP contribution in [0.4, 0.5) is 11.4 Å². The summed E-state index contributed by atoms with van der Waals surface area (Å²) < 4.78 is -1.85. The number of nitro groups is 1. The molecular weight excluding hydrogens is 375 g/mol. The number of alkyl halides is 3. The maximum Gasteiger partial charge on any atom is 0.271 e. The van der Waals surface area contributed by atoms with Gasteiger partial charge in [0.1, 0.15) is 6.17 Å². The first kappa shape index (κ1) is 18.7. The van der Waals surface area contributed by atoms with Gasteiger partial charge in [0.05, 0.1) is 4.92 Å². The second kappa shape index (κ2) is 7.77. The summed E-state index contributed by atoms with van der Waals surface area (Å²) in [5.41, 5.74) is 0.269. The first-order valence-corrected chi connectivity index (χ1v) is 7.29. The van der Waals surface area contributed by atoms with Gasteiger partial charge < -0.3 is 16.0 Å². The van der Waals surface area contributed by atoms with E-state index in [-0.39, 0.29) is 10.8 Å². The van der Waals surface area contributed by atoms with Crippen LogP contribution < -0.4 is 16.0 Å². The third-order valence-corrected chi connectivity index (χ3v) is 3.14. The molecule has 3 N–H and O–H groups in total. The molecule has 1 rings (SSSR count). The van der Waals surface area contributed by atoms with Crippen molar-refractivity contribution in [3.8, 4) is 0 Å². The Morgan fingerprint density at radius 2 is 2.00 bits per heavy atom. The van der Waals surface area contributed by atoms with E-state index in [0.29, 0.717) is 5.69 Å². The van der Waals surface area contributed by atoms with Crippen molar-refractivity contribution in [2.75, 3.05) is 5.32 Å². The van der Waals surface area contributed by atoms with Crippen LogP contribution in [0.25, 0.3) is 0 Å². The molecule has 22 heavy (non-hydrogen) atoms. The van der Waals surface area contributed by atoms with E-state index < -0.39 is 20.8 Å². The third kappa shape index (κ3) is 6.18. The minimum absolute atomic E-state index is 0.0190. The molecule has 0 saturated heterocycles. The number of carbonyl (C=O) groups is 1. The molecule has 0 aliphatic carbocycles. The molecule has 0 saturated carbocycles. The van der Waals surface area contributed by atoms with Crippen LogP contribution in [0.2, 0.25) is 0 Å². The van der Waals surface area contributed by atoms with E-state index in [2.05, 4.69) is 16.0 Å². The van der Waals surface area contributed by atoms with Crippen LogP contribution in [0.5, 0.6) is 0 Å². The third-order valence-electron chi connectivity index (χ3n) is 2.27. The second-order valence-corrected chi connectivity index (χ2v) is 6.86. The van der Waals surface area contributed by atoms with Gasteiger partial charge in [-0.1, -0.05) is 40.9 Å². The lowest BCUT2D eigenvalue weighted by atomic mass is 10.3. The molecule has 1 aromatic rings. The van der Waals surface area contributed by atoms with Gasteiger partial charge in [-0.2, -0.15) is 0 Å². The number of rotatable bonds is 4. The summed E-state index contributed by atoms with van der Waals surface area (Å²) >= 11 is 22.2. The lowest BCUT2D eigenvalue weighted by molar-refractivity contribution is -0.384. The molecule has 0 radical (unpaired) electrons. The number of non-ortho nitro benzene ring substituents is 1. The zero-order valence-corrected chi connectivity index (χ0v) is 14.2. The molecule has 0 aromatic heterocycles. The highest BCUT2D eigenvalue weighted by molar-refractivity contribution is 7.80. The molecule has 0 aliphatic rings.